The molecule has 55 heavy (non-hydrogen) atoms. The molecule has 3 aromatic carbocycles. The van der Waals surface area contributed by atoms with Crippen LogP contribution in [0.4, 0.5) is 32.6 Å². The molecule has 0 bridgehead atoms. The number of carbonyl (C=O) groups excluding carboxylic acids is 1. The lowest BCUT2D eigenvalue weighted by Crippen LogP contribution is -2.33. The number of nitrogens with one attached hydrogen (secondary N) is 3. The average molecular weight is 770 g/mol. The van der Waals surface area contributed by atoms with Gasteiger partial charge >= 0.3 is 18.0 Å². The zero-order chi connectivity index (χ0) is 40.2. The number of aromatic nitrogens is 3. The zero-order valence-corrected chi connectivity index (χ0v) is 31.0. The van der Waals surface area contributed by atoms with E-state index >= 15 is 22.0 Å². The Labute approximate surface area is 312 Å². The molecule has 0 unspecified atom stereocenters. The van der Waals surface area contributed by atoms with Crippen molar-refractivity contribution in [1.29, 1.82) is 0 Å². The van der Waals surface area contributed by atoms with Crippen molar-refractivity contribution in [3.63, 3.8) is 0 Å². The minimum Gasteiger partial charge on any atom is -0.497 e. The molecule has 0 aliphatic heterocycles. The second-order valence-electron chi connectivity index (χ2n) is 13.7. The third-order valence-corrected chi connectivity index (χ3v) is 8.55. The second-order valence-corrected chi connectivity index (χ2v) is 13.7. The van der Waals surface area contributed by atoms with Gasteiger partial charge in [-0.3, -0.25) is 9.78 Å². The monoisotopic (exact) mass is 769 g/mol. The molecule has 2 aromatic heterocycles. The number of H-pyrrole nitrogens is 2. The number of ether oxygens (including phenoxy) is 3. The number of anilines is 1. The maximum atomic E-state index is 16.8. The van der Waals surface area contributed by atoms with Crippen molar-refractivity contribution in [2.45, 2.75) is 65.4 Å². The van der Waals surface area contributed by atoms with Crippen molar-refractivity contribution in [3.05, 3.63) is 115 Å². The summed E-state index contributed by atoms with van der Waals surface area (Å²) >= 11 is 0. The quantitative estimate of drug-likeness (QED) is 0.0874. The third-order valence-electron chi connectivity index (χ3n) is 8.55. The number of fused-ring (bicyclic) bond motifs is 1. The molecule has 5 aromatic rings. The van der Waals surface area contributed by atoms with E-state index in [0.29, 0.717) is 11.5 Å². The number of carbonyl (C=O) groups is 1. The highest BCUT2D eigenvalue weighted by molar-refractivity contribution is 5.88. The molecule has 0 saturated heterocycles. The van der Waals surface area contributed by atoms with Crippen molar-refractivity contribution >= 4 is 22.8 Å². The molecule has 0 atom stereocenters. The Morgan fingerprint density at radius 3 is 1.95 bits per heavy atom. The van der Waals surface area contributed by atoms with Crippen LogP contribution < -0.4 is 30.9 Å². The van der Waals surface area contributed by atoms with E-state index in [4.69, 9.17) is 14.2 Å². The topological polar surface area (TPSA) is 139 Å². The molecule has 5 rings (SSSR count). The SMILES string of the molecule is COc1ccc(CN(Cc2ccc(OC)cc2)c2cc(C)c(C(F)(F)F)c(-c3c(CCCNC(=O)OC(C)(C)C)c(F)c4c(=O)[nH]c(=O)[nH]c4c3F)n2)cc1. The van der Waals surface area contributed by atoms with E-state index in [-0.39, 0.29) is 37.4 Å². The molecular weight excluding hydrogens is 729 g/mol. The number of pyridine rings is 1. The molecule has 16 heteroatoms. The standard InChI is InChI=1S/C39H40F5N5O6/c1-21-18-27(49(19-22-9-13-24(53-5)14-10-22)20-23-11-15-25(54-6)16-12-23)46-33(30(21)39(42,43)44)28-26(8-7-17-45-37(52)55-38(2,3)4)31(40)29-34(32(28)41)47-36(51)48-35(29)50/h9-16,18H,7-8,17,19-20H2,1-6H3,(H,45,52)(H2,47,48,50,51). The smallest absolute Gasteiger partial charge is 0.418 e. The number of benzene rings is 3. The van der Waals surface area contributed by atoms with Gasteiger partial charge in [-0.25, -0.2) is 23.4 Å². The lowest BCUT2D eigenvalue weighted by molar-refractivity contribution is -0.137. The Morgan fingerprint density at radius 2 is 1.44 bits per heavy atom. The Bertz CT molecular complexity index is 2250. The lowest BCUT2D eigenvalue weighted by atomic mass is 9.92. The van der Waals surface area contributed by atoms with Crippen LogP contribution >= 0.6 is 0 Å². The van der Waals surface area contributed by atoms with Gasteiger partial charge in [0.15, 0.2) is 5.82 Å². The van der Waals surface area contributed by atoms with Crippen LogP contribution in [0, 0.1) is 18.6 Å². The third kappa shape index (κ3) is 9.42. The van der Waals surface area contributed by atoms with Crippen molar-refractivity contribution in [2.75, 3.05) is 25.7 Å². The number of methoxy groups -OCH3 is 2. The number of alkyl halides is 3. The van der Waals surface area contributed by atoms with Gasteiger partial charge in [0.2, 0.25) is 0 Å². The molecule has 0 spiro atoms. The first kappa shape index (κ1) is 40.3. The van der Waals surface area contributed by atoms with Crippen LogP contribution in [0.15, 0.2) is 64.2 Å². The maximum absolute atomic E-state index is 16.8. The molecular formula is C39H40F5N5O6. The first-order valence-electron chi connectivity index (χ1n) is 17.1. The Kier molecular flexibility index (Phi) is 11.9. The van der Waals surface area contributed by atoms with Gasteiger partial charge in [-0.15, -0.1) is 0 Å². The maximum Gasteiger partial charge on any atom is 0.418 e. The molecule has 0 aliphatic rings. The number of hydrogen-bond acceptors (Lipinski definition) is 8. The van der Waals surface area contributed by atoms with E-state index < -0.39 is 80.5 Å². The van der Waals surface area contributed by atoms with Crippen molar-refractivity contribution < 1.29 is 41.0 Å². The normalized spacial score (nSPS) is 11.8. The van der Waals surface area contributed by atoms with E-state index in [1.165, 1.54) is 27.2 Å². The molecule has 0 saturated carbocycles. The highest BCUT2D eigenvalue weighted by atomic mass is 19.4. The number of nitrogens with zero attached hydrogens (tertiary/aromatic N) is 2. The molecule has 2 heterocycles. The molecule has 292 valence electrons. The predicted octanol–water partition coefficient (Wildman–Crippen LogP) is 7.57. The zero-order valence-electron chi connectivity index (χ0n) is 31.0. The summed E-state index contributed by atoms with van der Waals surface area (Å²) in [6.07, 6.45) is -6.48. The summed E-state index contributed by atoms with van der Waals surface area (Å²) in [5.41, 5.74) is -6.93. The Balaban J connectivity index is 1.72. The van der Waals surface area contributed by atoms with Gasteiger partial charge in [-0.2, -0.15) is 13.2 Å². The van der Waals surface area contributed by atoms with Crippen LogP contribution in [-0.2, 0) is 30.4 Å². The fraction of sp³-hybridized carbons (Fsp3) is 0.333. The summed E-state index contributed by atoms with van der Waals surface area (Å²) in [5.74, 6) is -1.69. The van der Waals surface area contributed by atoms with Crippen LogP contribution in [-0.4, -0.2) is 47.4 Å². The number of amides is 1. The molecule has 3 N–H and O–H groups in total. The second kappa shape index (κ2) is 16.2. The first-order chi connectivity index (χ1) is 25.9. The summed E-state index contributed by atoms with van der Waals surface area (Å²) in [7, 11) is 3.02. The summed E-state index contributed by atoms with van der Waals surface area (Å²) in [5, 5.41) is 1.59. The minimum absolute atomic E-state index is 0.0102. The van der Waals surface area contributed by atoms with Crippen LogP contribution in [0.5, 0.6) is 11.5 Å². The van der Waals surface area contributed by atoms with E-state index in [1.54, 1.807) is 74.2 Å². The molecule has 0 radical (unpaired) electrons. The highest BCUT2D eigenvalue weighted by Crippen LogP contribution is 2.44. The molecule has 0 fully saturated rings. The van der Waals surface area contributed by atoms with Gasteiger partial charge < -0.3 is 29.4 Å². The van der Waals surface area contributed by atoms with Crippen LogP contribution in [0.25, 0.3) is 22.2 Å². The van der Waals surface area contributed by atoms with Gasteiger partial charge in [0, 0.05) is 30.8 Å². The number of aryl methyl sites for hydroxylation is 1. The van der Waals surface area contributed by atoms with Gasteiger partial charge in [0.1, 0.15) is 34.1 Å². The number of alkyl carbamates (subject to hydrolysis) is 1. The van der Waals surface area contributed by atoms with Crippen molar-refractivity contribution in [3.8, 4) is 22.8 Å². The average Bonchev–Trinajstić information content (AvgIpc) is 3.10. The summed E-state index contributed by atoms with van der Waals surface area (Å²) < 4.78 is 94.2. The number of hydrogen-bond donors (Lipinski definition) is 3. The minimum atomic E-state index is -5.11. The van der Waals surface area contributed by atoms with E-state index in [0.717, 1.165) is 11.1 Å². The number of rotatable bonds is 12. The van der Waals surface area contributed by atoms with Crippen molar-refractivity contribution in [1.82, 2.24) is 20.3 Å². The van der Waals surface area contributed by atoms with Crippen LogP contribution in [0.2, 0.25) is 0 Å². The fourth-order valence-corrected chi connectivity index (χ4v) is 6.11. The number of halogens is 5. The first-order valence-corrected chi connectivity index (χ1v) is 17.1. The van der Waals surface area contributed by atoms with Gasteiger partial charge in [0.05, 0.1) is 31.0 Å². The van der Waals surface area contributed by atoms with Gasteiger partial charge in [-0.1, -0.05) is 24.3 Å². The Morgan fingerprint density at radius 1 is 0.873 bits per heavy atom. The van der Waals surface area contributed by atoms with Gasteiger partial charge in [-0.05, 0) is 87.6 Å². The molecule has 0 aliphatic carbocycles. The van der Waals surface area contributed by atoms with E-state index in [2.05, 4.69) is 10.3 Å². The highest BCUT2D eigenvalue weighted by Gasteiger charge is 2.39. The molecule has 11 nitrogen and oxygen atoms in total. The fourth-order valence-electron chi connectivity index (χ4n) is 6.11. The van der Waals surface area contributed by atoms with Crippen LogP contribution in [0.1, 0.15) is 55.0 Å². The van der Waals surface area contributed by atoms with E-state index in [9.17, 15) is 14.4 Å². The lowest BCUT2D eigenvalue weighted by Gasteiger charge is -2.27. The Hall–Kier alpha value is -5.93. The van der Waals surface area contributed by atoms with Crippen LogP contribution in [0.3, 0.4) is 0 Å². The van der Waals surface area contributed by atoms with Gasteiger partial charge in [0.25, 0.3) is 5.56 Å². The summed E-state index contributed by atoms with van der Waals surface area (Å²) in [6, 6.07) is 15.2. The summed E-state index contributed by atoms with van der Waals surface area (Å²) in [4.78, 5) is 47.3. The summed E-state index contributed by atoms with van der Waals surface area (Å²) in [6.45, 7) is 6.20. The van der Waals surface area contributed by atoms with Crippen molar-refractivity contribution in [2.24, 2.45) is 0 Å². The van der Waals surface area contributed by atoms with E-state index in [1.807, 2.05) is 9.97 Å². The predicted molar refractivity (Wildman–Crippen MR) is 197 cm³/mol. The number of aromatic amines is 2. The largest absolute Gasteiger partial charge is 0.497 e. The molecule has 1 amide bonds.